The molecule has 1 N–H and O–H groups in total. The van der Waals surface area contributed by atoms with Crippen LogP contribution in [0.4, 0.5) is 5.69 Å². The zero-order valence-corrected chi connectivity index (χ0v) is 20.5. The number of nitrogens with zero attached hydrogens (tertiary/aromatic N) is 2. The van der Waals surface area contributed by atoms with Crippen LogP contribution in [-0.2, 0) is 11.2 Å². The molecule has 0 aliphatic carbocycles. The van der Waals surface area contributed by atoms with Gasteiger partial charge in [-0.1, -0.05) is 12.1 Å². The van der Waals surface area contributed by atoms with E-state index in [1.165, 1.54) is 5.56 Å². The number of carbonyl (C=O) groups is 1. The third-order valence-corrected chi connectivity index (χ3v) is 4.55. The molecule has 0 spiro atoms. The first-order valence-electron chi connectivity index (χ1n) is 9.38. The van der Waals surface area contributed by atoms with Gasteiger partial charge in [-0.15, -0.1) is 23.2 Å². The molecule has 0 atom stereocenters. The highest BCUT2D eigenvalue weighted by Crippen LogP contribution is 2.16. The molecule has 1 amide bonds. The number of hydrogen-bond donors (Lipinski definition) is 1. The van der Waals surface area contributed by atoms with E-state index in [2.05, 4.69) is 55.6 Å². The van der Waals surface area contributed by atoms with Gasteiger partial charge >= 0.3 is 0 Å². The topological polar surface area (TPSA) is 32.3 Å². The van der Waals surface area contributed by atoms with E-state index in [1.807, 2.05) is 0 Å². The van der Waals surface area contributed by atoms with E-state index >= 15 is 0 Å². The maximum atomic E-state index is 11.9. The number of anilines is 1. The van der Waals surface area contributed by atoms with Crippen molar-refractivity contribution in [2.24, 2.45) is 0 Å². The first-order chi connectivity index (χ1) is 12.4. The largest absolute Gasteiger partial charge is 1.00 e. The summed E-state index contributed by atoms with van der Waals surface area (Å²) in [5, 5.41) is 3.01. The standard InChI is InChI=1S/C20H33Cl2N3O.HI/c1-25(2,3)17-5-14-23-20(26)7-4-6-18-8-10-19(11-9-18)24(15-12-21)16-13-22;/h8-11H,4-7,12-17H2,1-3H3;1H. The van der Waals surface area contributed by atoms with E-state index in [9.17, 15) is 4.79 Å². The van der Waals surface area contributed by atoms with E-state index in [1.54, 1.807) is 0 Å². The average molecular weight is 530 g/mol. The SMILES string of the molecule is C[N+](C)(C)CCCNC(=O)CCCc1ccc(N(CCCl)CCCl)cc1.[I-]. The van der Waals surface area contributed by atoms with Gasteiger partial charge in [0, 0.05) is 49.9 Å². The molecule has 27 heavy (non-hydrogen) atoms. The minimum Gasteiger partial charge on any atom is -1.00 e. The summed E-state index contributed by atoms with van der Waals surface area (Å²) in [5.41, 5.74) is 2.40. The summed E-state index contributed by atoms with van der Waals surface area (Å²) in [5.74, 6) is 1.32. The summed E-state index contributed by atoms with van der Waals surface area (Å²) in [4.78, 5) is 14.1. The predicted molar refractivity (Wildman–Crippen MR) is 114 cm³/mol. The molecule has 4 nitrogen and oxygen atoms in total. The molecule has 0 heterocycles. The Morgan fingerprint density at radius 2 is 1.63 bits per heavy atom. The number of hydrogen-bond acceptors (Lipinski definition) is 2. The van der Waals surface area contributed by atoms with Crippen molar-refractivity contribution in [1.82, 2.24) is 5.32 Å². The lowest BCUT2D eigenvalue weighted by Crippen LogP contribution is -3.00. The summed E-state index contributed by atoms with van der Waals surface area (Å²) >= 11 is 11.7. The van der Waals surface area contributed by atoms with E-state index in [0.29, 0.717) is 18.2 Å². The van der Waals surface area contributed by atoms with Crippen molar-refractivity contribution in [3.63, 3.8) is 0 Å². The molecule has 0 saturated heterocycles. The fourth-order valence-corrected chi connectivity index (χ4v) is 3.18. The maximum absolute atomic E-state index is 11.9. The highest BCUT2D eigenvalue weighted by atomic mass is 127. The molecule has 0 aliphatic rings. The molecular weight excluding hydrogens is 496 g/mol. The van der Waals surface area contributed by atoms with Crippen LogP contribution in [0.3, 0.4) is 0 Å². The molecule has 7 heteroatoms. The lowest BCUT2D eigenvalue weighted by Gasteiger charge is -2.23. The van der Waals surface area contributed by atoms with Gasteiger partial charge in [-0.25, -0.2) is 0 Å². The average Bonchev–Trinajstić information content (AvgIpc) is 2.58. The van der Waals surface area contributed by atoms with Crippen molar-refractivity contribution in [2.45, 2.75) is 25.7 Å². The Morgan fingerprint density at radius 1 is 1.04 bits per heavy atom. The lowest BCUT2D eigenvalue weighted by atomic mass is 10.1. The second-order valence-corrected chi connectivity index (χ2v) is 8.36. The molecule has 0 aromatic heterocycles. The molecule has 0 fully saturated rings. The Balaban J connectivity index is 0.00000676. The van der Waals surface area contributed by atoms with Crippen LogP contribution in [0.5, 0.6) is 0 Å². The van der Waals surface area contributed by atoms with E-state index in [0.717, 1.165) is 55.6 Å². The van der Waals surface area contributed by atoms with E-state index in [-0.39, 0.29) is 29.9 Å². The first-order valence-corrected chi connectivity index (χ1v) is 10.5. The van der Waals surface area contributed by atoms with Crippen LogP contribution in [0.2, 0.25) is 0 Å². The number of quaternary nitrogens is 1. The second-order valence-electron chi connectivity index (χ2n) is 7.60. The Kier molecular flexibility index (Phi) is 14.6. The highest BCUT2D eigenvalue weighted by Gasteiger charge is 2.08. The summed E-state index contributed by atoms with van der Waals surface area (Å²) in [6, 6.07) is 8.48. The highest BCUT2D eigenvalue weighted by molar-refractivity contribution is 6.18. The Bertz CT molecular complexity index is 515. The first kappa shape index (κ1) is 26.8. The van der Waals surface area contributed by atoms with Gasteiger partial charge in [0.2, 0.25) is 5.91 Å². The van der Waals surface area contributed by atoms with Crippen molar-refractivity contribution in [3.05, 3.63) is 29.8 Å². The quantitative estimate of drug-likeness (QED) is 0.175. The minimum absolute atomic E-state index is 0. The van der Waals surface area contributed by atoms with Crippen LogP contribution in [0, 0.1) is 0 Å². The molecule has 0 aliphatic heterocycles. The van der Waals surface area contributed by atoms with Gasteiger partial charge < -0.3 is 38.7 Å². The van der Waals surface area contributed by atoms with E-state index < -0.39 is 0 Å². The van der Waals surface area contributed by atoms with Crippen molar-refractivity contribution < 1.29 is 33.3 Å². The summed E-state index contributed by atoms with van der Waals surface area (Å²) in [7, 11) is 6.49. The van der Waals surface area contributed by atoms with Crippen LogP contribution < -0.4 is 34.2 Å². The van der Waals surface area contributed by atoms with Crippen molar-refractivity contribution in [2.75, 3.05) is 64.0 Å². The second kappa shape index (κ2) is 14.7. The summed E-state index contributed by atoms with van der Waals surface area (Å²) < 4.78 is 0.930. The maximum Gasteiger partial charge on any atom is 0.220 e. The fraction of sp³-hybridized carbons (Fsp3) is 0.650. The minimum atomic E-state index is 0. The zero-order chi connectivity index (χ0) is 19.4. The molecule has 1 aromatic carbocycles. The lowest BCUT2D eigenvalue weighted by molar-refractivity contribution is -0.870. The predicted octanol–water partition coefficient (Wildman–Crippen LogP) is 0.510. The number of amides is 1. The molecule has 0 unspecified atom stereocenters. The van der Waals surface area contributed by atoms with Crippen LogP contribution in [0.1, 0.15) is 24.8 Å². The number of benzene rings is 1. The van der Waals surface area contributed by atoms with Gasteiger partial charge in [0.05, 0.1) is 27.7 Å². The molecule has 1 rings (SSSR count). The normalized spacial score (nSPS) is 11.0. The van der Waals surface area contributed by atoms with Crippen molar-refractivity contribution in [1.29, 1.82) is 0 Å². The molecule has 1 aromatic rings. The van der Waals surface area contributed by atoms with Crippen molar-refractivity contribution in [3.8, 4) is 0 Å². The molecule has 0 radical (unpaired) electrons. The number of aryl methyl sites for hydroxylation is 1. The van der Waals surface area contributed by atoms with Gasteiger partial charge in [-0.3, -0.25) is 4.79 Å². The molecule has 156 valence electrons. The Hall–Kier alpha value is -0.240. The molecular formula is C20H34Cl2IN3O. The van der Waals surface area contributed by atoms with E-state index in [4.69, 9.17) is 23.2 Å². The van der Waals surface area contributed by atoms with Gasteiger partial charge in [0.15, 0.2) is 0 Å². The monoisotopic (exact) mass is 529 g/mol. The van der Waals surface area contributed by atoms with Crippen LogP contribution in [0.25, 0.3) is 0 Å². The Labute approximate surface area is 192 Å². The fourth-order valence-electron chi connectivity index (χ4n) is 2.77. The van der Waals surface area contributed by atoms with Crippen LogP contribution >= 0.6 is 23.2 Å². The van der Waals surface area contributed by atoms with Gasteiger partial charge in [-0.05, 0) is 30.5 Å². The van der Waals surface area contributed by atoms with Gasteiger partial charge in [0.25, 0.3) is 0 Å². The summed E-state index contributed by atoms with van der Waals surface area (Å²) in [6.07, 6.45) is 3.37. The number of carbonyl (C=O) groups excluding carboxylic acids is 1. The van der Waals surface area contributed by atoms with Crippen LogP contribution in [0.15, 0.2) is 24.3 Å². The third-order valence-electron chi connectivity index (χ3n) is 4.21. The smallest absolute Gasteiger partial charge is 0.220 e. The van der Waals surface area contributed by atoms with Gasteiger partial charge in [-0.2, -0.15) is 0 Å². The zero-order valence-electron chi connectivity index (χ0n) is 16.8. The van der Waals surface area contributed by atoms with Crippen molar-refractivity contribution >= 4 is 34.8 Å². The van der Waals surface area contributed by atoms with Crippen LogP contribution in [-0.4, -0.2) is 69.5 Å². The molecule has 0 bridgehead atoms. The number of rotatable bonds is 13. The van der Waals surface area contributed by atoms with Gasteiger partial charge in [0.1, 0.15) is 0 Å². The summed E-state index contributed by atoms with van der Waals surface area (Å²) in [6.45, 7) is 3.42. The number of alkyl halides is 2. The molecule has 0 saturated carbocycles. The Morgan fingerprint density at radius 3 is 2.15 bits per heavy atom. The third kappa shape index (κ3) is 12.8. The number of halogens is 3. The number of nitrogens with one attached hydrogen (secondary N) is 1.